The summed E-state index contributed by atoms with van der Waals surface area (Å²) in [5, 5.41) is 39.2. The largest absolute Gasteiger partial charge is 0.394 e. The van der Waals surface area contributed by atoms with Gasteiger partial charge in [0.25, 0.3) is 0 Å². The van der Waals surface area contributed by atoms with Crippen LogP contribution in [0.2, 0.25) is 5.15 Å². The van der Waals surface area contributed by atoms with Crippen molar-refractivity contribution in [2.24, 2.45) is 0 Å². The van der Waals surface area contributed by atoms with Gasteiger partial charge in [-0.25, -0.2) is 15.0 Å². The van der Waals surface area contributed by atoms with E-state index in [0.717, 1.165) is 0 Å². The third-order valence-electron chi connectivity index (χ3n) is 3.70. The monoisotopic (exact) mass is 330 g/mol. The van der Waals surface area contributed by atoms with Crippen molar-refractivity contribution in [1.82, 2.24) is 19.5 Å². The van der Waals surface area contributed by atoms with Crippen LogP contribution in [0.15, 0.2) is 12.7 Å². The molecule has 9 nitrogen and oxygen atoms in total. The third-order valence-corrected chi connectivity index (χ3v) is 3.98. The van der Waals surface area contributed by atoms with Gasteiger partial charge in [0, 0.05) is 6.42 Å². The number of hydrogen-bond acceptors (Lipinski definition) is 8. The van der Waals surface area contributed by atoms with Gasteiger partial charge in [-0.2, -0.15) is 0 Å². The molecule has 1 aliphatic rings. The van der Waals surface area contributed by atoms with E-state index in [9.17, 15) is 20.4 Å². The molecule has 4 N–H and O–H groups in total. The first-order valence-electron chi connectivity index (χ1n) is 6.66. The Morgan fingerprint density at radius 2 is 2.00 bits per heavy atom. The average Bonchev–Trinajstić information content (AvgIpc) is 2.91. The van der Waals surface area contributed by atoms with Crippen LogP contribution in [0.5, 0.6) is 0 Å². The zero-order valence-electron chi connectivity index (χ0n) is 11.3. The molecule has 10 heteroatoms. The molecule has 0 aliphatic carbocycles. The van der Waals surface area contributed by atoms with E-state index >= 15 is 0 Å². The zero-order valence-corrected chi connectivity index (χ0v) is 12.1. The standard InChI is InChI=1S/C12H15ClN4O5/c13-11-8-12(15-3-14-11)17(4-16-8)7-1-5(19)9(20)10(21)6(2-18)22-7/h3-7,9-10,18-21H,1-2H2/t5-,6+,7+,9-,10+/m0/s1. The molecular weight excluding hydrogens is 316 g/mol. The summed E-state index contributed by atoms with van der Waals surface area (Å²) in [6.45, 7) is -0.510. The highest BCUT2D eigenvalue weighted by Crippen LogP contribution is 2.29. The van der Waals surface area contributed by atoms with Crippen LogP contribution in [-0.2, 0) is 4.74 Å². The van der Waals surface area contributed by atoms with Crippen molar-refractivity contribution in [3.8, 4) is 0 Å². The molecule has 5 atom stereocenters. The van der Waals surface area contributed by atoms with Crippen molar-refractivity contribution in [2.45, 2.75) is 37.1 Å². The fraction of sp³-hybridized carbons (Fsp3) is 0.583. The maximum Gasteiger partial charge on any atom is 0.166 e. The second-order valence-electron chi connectivity index (χ2n) is 5.08. The summed E-state index contributed by atoms with van der Waals surface area (Å²) in [5.41, 5.74) is 0.757. The number of fused-ring (bicyclic) bond motifs is 1. The van der Waals surface area contributed by atoms with Crippen LogP contribution >= 0.6 is 11.6 Å². The normalized spacial score (nSPS) is 33.0. The van der Waals surface area contributed by atoms with E-state index in [-0.39, 0.29) is 11.6 Å². The van der Waals surface area contributed by atoms with Gasteiger partial charge in [0.15, 0.2) is 10.8 Å². The fourth-order valence-electron chi connectivity index (χ4n) is 2.50. The fourth-order valence-corrected chi connectivity index (χ4v) is 2.67. The maximum atomic E-state index is 9.97. The van der Waals surface area contributed by atoms with Gasteiger partial charge in [-0.1, -0.05) is 11.6 Å². The Kier molecular flexibility index (Phi) is 4.26. The molecule has 0 radical (unpaired) electrons. The number of rotatable bonds is 2. The van der Waals surface area contributed by atoms with Crippen LogP contribution in [0.4, 0.5) is 0 Å². The summed E-state index contributed by atoms with van der Waals surface area (Å²) < 4.78 is 7.12. The summed E-state index contributed by atoms with van der Waals surface area (Å²) >= 11 is 5.94. The summed E-state index contributed by atoms with van der Waals surface area (Å²) in [7, 11) is 0. The van der Waals surface area contributed by atoms with Gasteiger partial charge in [-0.05, 0) is 0 Å². The van der Waals surface area contributed by atoms with Gasteiger partial charge < -0.3 is 25.2 Å². The summed E-state index contributed by atoms with van der Waals surface area (Å²) in [4.78, 5) is 12.0. The maximum absolute atomic E-state index is 9.97. The first kappa shape index (κ1) is 15.5. The van der Waals surface area contributed by atoms with Crippen LogP contribution in [0.3, 0.4) is 0 Å². The van der Waals surface area contributed by atoms with Crippen LogP contribution in [0.25, 0.3) is 11.2 Å². The molecule has 22 heavy (non-hydrogen) atoms. The summed E-state index contributed by atoms with van der Waals surface area (Å²) in [6, 6.07) is 0. The number of imidazole rings is 1. The number of aliphatic hydroxyl groups is 4. The highest BCUT2D eigenvalue weighted by molar-refractivity contribution is 6.33. The third kappa shape index (κ3) is 2.56. The zero-order chi connectivity index (χ0) is 15.9. The van der Waals surface area contributed by atoms with Gasteiger partial charge in [-0.15, -0.1) is 0 Å². The number of aromatic nitrogens is 4. The summed E-state index contributed by atoms with van der Waals surface area (Å²) in [5.74, 6) is 0. The molecule has 0 saturated carbocycles. The second kappa shape index (κ2) is 6.03. The minimum Gasteiger partial charge on any atom is -0.394 e. The van der Waals surface area contributed by atoms with E-state index < -0.39 is 37.3 Å². The molecule has 120 valence electrons. The predicted octanol–water partition coefficient (Wildman–Crippen LogP) is -1.16. The molecule has 0 unspecified atom stereocenters. The minimum absolute atomic E-state index is 0.0121. The van der Waals surface area contributed by atoms with E-state index in [1.165, 1.54) is 17.2 Å². The first-order chi connectivity index (χ1) is 10.5. The van der Waals surface area contributed by atoms with Gasteiger partial charge in [-0.3, -0.25) is 4.57 Å². The lowest BCUT2D eigenvalue weighted by atomic mass is 10.0. The molecule has 2 aromatic heterocycles. The van der Waals surface area contributed by atoms with Gasteiger partial charge in [0.2, 0.25) is 0 Å². The number of aliphatic hydroxyl groups excluding tert-OH is 4. The van der Waals surface area contributed by atoms with Crippen molar-refractivity contribution in [2.75, 3.05) is 6.61 Å². The molecule has 3 rings (SSSR count). The number of ether oxygens (including phenoxy) is 1. The topological polar surface area (TPSA) is 134 Å². The first-order valence-corrected chi connectivity index (χ1v) is 7.04. The van der Waals surface area contributed by atoms with Crippen LogP contribution in [-0.4, -0.2) is 71.0 Å². The Bertz CT molecular complexity index is 668. The van der Waals surface area contributed by atoms with Crippen molar-refractivity contribution < 1.29 is 25.2 Å². The average molecular weight is 331 g/mol. The Morgan fingerprint density at radius 1 is 1.23 bits per heavy atom. The molecule has 0 bridgehead atoms. The van der Waals surface area contributed by atoms with Gasteiger partial charge in [0.05, 0.1) is 19.0 Å². The number of nitrogens with zero attached hydrogens (tertiary/aromatic N) is 4. The number of hydrogen-bond donors (Lipinski definition) is 4. The van der Waals surface area contributed by atoms with Crippen LogP contribution in [0, 0.1) is 0 Å². The Hall–Kier alpha value is -1.36. The smallest absolute Gasteiger partial charge is 0.166 e. The molecule has 1 fully saturated rings. The SMILES string of the molecule is OC[C@H]1O[C@@H](n2cnc3c(Cl)ncnc32)C[C@H](O)[C@H](O)[C@@H]1O. The predicted molar refractivity (Wildman–Crippen MR) is 74.0 cm³/mol. The van der Waals surface area contributed by atoms with E-state index in [1.807, 2.05) is 0 Å². The van der Waals surface area contributed by atoms with E-state index in [1.54, 1.807) is 0 Å². The van der Waals surface area contributed by atoms with E-state index in [4.69, 9.17) is 16.3 Å². The Labute approximate surface area is 129 Å². The Morgan fingerprint density at radius 3 is 2.73 bits per heavy atom. The van der Waals surface area contributed by atoms with Crippen molar-refractivity contribution in [3.63, 3.8) is 0 Å². The van der Waals surface area contributed by atoms with Crippen molar-refractivity contribution in [3.05, 3.63) is 17.8 Å². The van der Waals surface area contributed by atoms with Crippen molar-refractivity contribution >= 4 is 22.8 Å². The minimum atomic E-state index is -1.42. The Balaban J connectivity index is 2.00. The second-order valence-corrected chi connectivity index (χ2v) is 5.44. The molecule has 3 heterocycles. The van der Waals surface area contributed by atoms with Crippen LogP contribution < -0.4 is 0 Å². The van der Waals surface area contributed by atoms with Crippen LogP contribution in [0.1, 0.15) is 12.6 Å². The van der Waals surface area contributed by atoms with Gasteiger partial charge >= 0.3 is 0 Å². The summed E-state index contributed by atoms with van der Waals surface area (Å²) in [6.07, 6.45) is -3.21. The molecule has 0 spiro atoms. The highest BCUT2D eigenvalue weighted by Gasteiger charge is 2.39. The quantitative estimate of drug-likeness (QED) is 0.507. The molecule has 1 aliphatic heterocycles. The lowest BCUT2D eigenvalue weighted by Crippen LogP contribution is -2.44. The van der Waals surface area contributed by atoms with Gasteiger partial charge in [0.1, 0.15) is 36.4 Å². The molecule has 2 aromatic rings. The van der Waals surface area contributed by atoms with E-state index in [2.05, 4.69) is 15.0 Å². The molecule has 0 amide bonds. The lowest BCUT2D eigenvalue weighted by molar-refractivity contribution is -0.130. The van der Waals surface area contributed by atoms with E-state index in [0.29, 0.717) is 11.2 Å². The number of halogens is 1. The lowest BCUT2D eigenvalue weighted by Gasteiger charge is -2.24. The molecule has 1 saturated heterocycles. The highest BCUT2D eigenvalue weighted by atomic mass is 35.5. The molecular formula is C12H15ClN4O5. The van der Waals surface area contributed by atoms with Crippen molar-refractivity contribution in [1.29, 1.82) is 0 Å². The molecule has 0 aromatic carbocycles.